The van der Waals surface area contributed by atoms with E-state index in [1.807, 2.05) is 31.2 Å². The van der Waals surface area contributed by atoms with Crippen LogP contribution in [0.25, 0.3) is 0 Å². The maximum atomic E-state index is 11.9. The van der Waals surface area contributed by atoms with Gasteiger partial charge in [0.2, 0.25) is 0 Å². The minimum atomic E-state index is -0.115. The smallest absolute Gasteiger partial charge is 0.310 e. The van der Waals surface area contributed by atoms with Gasteiger partial charge in [0.05, 0.1) is 19.6 Å². The van der Waals surface area contributed by atoms with Crippen LogP contribution in [0, 0.1) is 5.92 Å². The maximum absolute atomic E-state index is 11.9. The van der Waals surface area contributed by atoms with Crippen LogP contribution in [0.2, 0.25) is 0 Å². The lowest BCUT2D eigenvalue weighted by molar-refractivity contribution is -0.147. The lowest BCUT2D eigenvalue weighted by atomic mass is 9.89. The van der Waals surface area contributed by atoms with E-state index < -0.39 is 0 Å². The molecular weight excluding hydrogens is 230 g/mol. The molecule has 1 N–H and O–H groups in total. The first-order chi connectivity index (χ1) is 8.76. The van der Waals surface area contributed by atoms with E-state index >= 15 is 0 Å². The molecule has 1 saturated heterocycles. The van der Waals surface area contributed by atoms with Crippen LogP contribution >= 0.6 is 0 Å². The second-order valence-corrected chi connectivity index (χ2v) is 4.40. The average Bonchev–Trinajstić information content (AvgIpc) is 2.88. The average molecular weight is 249 g/mol. The zero-order chi connectivity index (χ0) is 13.0. The molecule has 1 heterocycles. The second kappa shape index (κ2) is 5.87. The summed E-state index contributed by atoms with van der Waals surface area (Å²) in [5.41, 5.74) is 1.12. The summed E-state index contributed by atoms with van der Waals surface area (Å²) in [4.78, 5) is 11.9. The molecule has 0 spiro atoms. The lowest BCUT2D eigenvalue weighted by Crippen LogP contribution is -2.24. The first-order valence-corrected chi connectivity index (χ1v) is 6.27. The first kappa shape index (κ1) is 12.9. The predicted octanol–water partition coefficient (Wildman–Crippen LogP) is 1.56. The summed E-state index contributed by atoms with van der Waals surface area (Å²) < 4.78 is 10.3. The van der Waals surface area contributed by atoms with Crippen molar-refractivity contribution in [2.45, 2.75) is 12.8 Å². The van der Waals surface area contributed by atoms with Crippen LogP contribution in [0.5, 0.6) is 5.75 Å². The highest BCUT2D eigenvalue weighted by molar-refractivity contribution is 5.74. The van der Waals surface area contributed by atoms with E-state index in [1.54, 1.807) is 7.11 Å². The van der Waals surface area contributed by atoms with Crippen LogP contribution in [0.15, 0.2) is 24.3 Å². The number of carbonyl (C=O) groups excluding carboxylic acids is 1. The van der Waals surface area contributed by atoms with Gasteiger partial charge in [-0.25, -0.2) is 0 Å². The van der Waals surface area contributed by atoms with Gasteiger partial charge >= 0.3 is 5.97 Å². The number of rotatable bonds is 4. The third kappa shape index (κ3) is 2.64. The molecule has 1 aromatic rings. The third-order valence-electron chi connectivity index (χ3n) is 3.33. The van der Waals surface area contributed by atoms with Crippen molar-refractivity contribution in [3.8, 4) is 5.75 Å². The fourth-order valence-corrected chi connectivity index (χ4v) is 2.40. The number of ether oxygens (including phenoxy) is 2. The minimum Gasteiger partial charge on any atom is -0.497 e. The fraction of sp³-hybridized carbons (Fsp3) is 0.500. The lowest BCUT2D eigenvalue weighted by Gasteiger charge is -2.18. The molecule has 1 aliphatic heterocycles. The summed E-state index contributed by atoms with van der Waals surface area (Å²) in [6.45, 7) is 3.75. The van der Waals surface area contributed by atoms with Crippen molar-refractivity contribution in [3.05, 3.63) is 29.8 Å². The highest BCUT2D eigenvalue weighted by Gasteiger charge is 2.35. The molecular formula is C14H19NO3. The summed E-state index contributed by atoms with van der Waals surface area (Å²) in [7, 11) is 1.65. The first-order valence-electron chi connectivity index (χ1n) is 6.27. The van der Waals surface area contributed by atoms with E-state index in [0.29, 0.717) is 13.2 Å². The van der Waals surface area contributed by atoms with Crippen LogP contribution in [-0.4, -0.2) is 32.8 Å². The Kier molecular flexibility index (Phi) is 4.20. The van der Waals surface area contributed by atoms with Crippen molar-refractivity contribution in [1.29, 1.82) is 0 Å². The van der Waals surface area contributed by atoms with Gasteiger partial charge in [-0.1, -0.05) is 12.1 Å². The van der Waals surface area contributed by atoms with Crippen molar-refractivity contribution in [2.24, 2.45) is 5.92 Å². The van der Waals surface area contributed by atoms with Gasteiger partial charge in [0.25, 0.3) is 0 Å². The van der Waals surface area contributed by atoms with Crippen molar-refractivity contribution in [2.75, 3.05) is 26.8 Å². The van der Waals surface area contributed by atoms with Crippen LogP contribution in [0.3, 0.4) is 0 Å². The van der Waals surface area contributed by atoms with Gasteiger partial charge in [0.1, 0.15) is 5.75 Å². The molecule has 1 fully saturated rings. The van der Waals surface area contributed by atoms with Crippen LogP contribution in [-0.2, 0) is 9.53 Å². The molecule has 98 valence electrons. The Balaban J connectivity index is 2.17. The molecule has 1 aromatic carbocycles. The highest BCUT2D eigenvalue weighted by atomic mass is 16.5. The number of benzene rings is 1. The number of nitrogens with one attached hydrogen (secondary N) is 1. The molecule has 2 rings (SSSR count). The molecule has 0 bridgehead atoms. The van der Waals surface area contributed by atoms with E-state index in [0.717, 1.165) is 17.9 Å². The third-order valence-corrected chi connectivity index (χ3v) is 3.33. The van der Waals surface area contributed by atoms with E-state index in [1.165, 1.54) is 0 Å². The zero-order valence-corrected chi connectivity index (χ0v) is 10.8. The Labute approximate surface area is 107 Å². The Morgan fingerprint density at radius 3 is 3.00 bits per heavy atom. The summed E-state index contributed by atoms with van der Waals surface area (Å²) in [6.07, 6.45) is 0. The van der Waals surface area contributed by atoms with Crippen LogP contribution < -0.4 is 10.1 Å². The normalized spacial score (nSPS) is 22.8. The molecule has 0 amide bonds. The van der Waals surface area contributed by atoms with Crippen molar-refractivity contribution < 1.29 is 14.3 Å². The van der Waals surface area contributed by atoms with Gasteiger partial charge in [0.15, 0.2) is 0 Å². The summed E-state index contributed by atoms with van der Waals surface area (Å²) in [5, 5.41) is 3.26. The largest absolute Gasteiger partial charge is 0.497 e. The minimum absolute atomic E-state index is 0.0999. The van der Waals surface area contributed by atoms with Gasteiger partial charge in [-0.05, 0) is 24.6 Å². The number of esters is 1. The quantitative estimate of drug-likeness (QED) is 0.823. The van der Waals surface area contributed by atoms with Crippen molar-refractivity contribution in [1.82, 2.24) is 5.32 Å². The number of methoxy groups -OCH3 is 1. The molecule has 0 aliphatic carbocycles. The Bertz CT molecular complexity index is 419. The molecule has 4 heteroatoms. The van der Waals surface area contributed by atoms with E-state index in [4.69, 9.17) is 9.47 Å². The van der Waals surface area contributed by atoms with Crippen LogP contribution in [0.1, 0.15) is 18.4 Å². The molecule has 1 aliphatic rings. The molecule has 18 heavy (non-hydrogen) atoms. The monoisotopic (exact) mass is 249 g/mol. The predicted molar refractivity (Wildman–Crippen MR) is 68.7 cm³/mol. The maximum Gasteiger partial charge on any atom is 0.310 e. The van der Waals surface area contributed by atoms with Gasteiger partial charge in [-0.3, -0.25) is 4.79 Å². The zero-order valence-electron chi connectivity index (χ0n) is 10.8. The number of hydrogen-bond donors (Lipinski definition) is 1. The summed E-state index contributed by atoms with van der Waals surface area (Å²) >= 11 is 0. The highest BCUT2D eigenvalue weighted by Crippen LogP contribution is 2.30. The van der Waals surface area contributed by atoms with E-state index in [-0.39, 0.29) is 17.8 Å². The SMILES string of the molecule is CCOC(=O)[C@@H]1CNC[C@H]1c1cccc(OC)c1. The van der Waals surface area contributed by atoms with Gasteiger partial charge in [0, 0.05) is 19.0 Å². The van der Waals surface area contributed by atoms with E-state index in [2.05, 4.69) is 5.32 Å². The summed E-state index contributed by atoms with van der Waals surface area (Å²) in [5.74, 6) is 0.772. The number of carbonyl (C=O) groups is 1. The van der Waals surface area contributed by atoms with Gasteiger partial charge in [-0.15, -0.1) is 0 Å². The van der Waals surface area contributed by atoms with Gasteiger partial charge in [-0.2, -0.15) is 0 Å². The van der Waals surface area contributed by atoms with Crippen LogP contribution in [0.4, 0.5) is 0 Å². The van der Waals surface area contributed by atoms with E-state index in [9.17, 15) is 4.79 Å². The molecule has 0 radical (unpaired) electrons. The molecule has 0 unspecified atom stereocenters. The Morgan fingerprint density at radius 1 is 1.44 bits per heavy atom. The standard InChI is InChI=1S/C14H19NO3/c1-3-18-14(16)13-9-15-8-12(13)10-5-4-6-11(7-10)17-2/h4-7,12-13,15H,3,8-9H2,1-2H3/t12-,13+/m0/s1. The topological polar surface area (TPSA) is 47.6 Å². The Hall–Kier alpha value is -1.55. The number of hydrogen-bond acceptors (Lipinski definition) is 4. The summed E-state index contributed by atoms with van der Waals surface area (Å²) in [6, 6.07) is 7.89. The second-order valence-electron chi connectivity index (χ2n) is 4.40. The van der Waals surface area contributed by atoms with Gasteiger partial charge < -0.3 is 14.8 Å². The van der Waals surface area contributed by atoms with Crippen molar-refractivity contribution >= 4 is 5.97 Å². The molecule has 0 saturated carbocycles. The molecule has 0 aromatic heterocycles. The molecule has 4 nitrogen and oxygen atoms in total. The molecule has 2 atom stereocenters. The fourth-order valence-electron chi connectivity index (χ4n) is 2.40. The Morgan fingerprint density at radius 2 is 2.28 bits per heavy atom. The van der Waals surface area contributed by atoms with Crippen molar-refractivity contribution in [3.63, 3.8) is 0 Å².